The molecule has 3 nitrogen and oxygen atoms in total. The Labute approximate surface area is 127 Å². The molecule has 1 aromatic carbocycles. The Bertz CT molecular complexity index is 487. The lowest BCUT2D eigenvalue weighted by Crippen LogP contribution is -2.44. The van der Waals surface area contributed by atoms with Crippen molar-refractivity contribution in [3.63, 3.8) is 0 Å². The van der Waals surface area contributed by atoms with E-state index in [-0.39, 0.29) is 24.0 Å². The fourth-order valence-electron chi connectivity index (χ4n) is 2.47. The smallest absolute Gasteiger partial charge is 0.339 e. The highest BCUT2D eigenvalue weighted by Crippen LogP contribution is 2.32. The van der Waals surface area contributed by atoms with E-state index in [1.165, 1.54) is 23.1 Å². The highest BCUT2D eigenvalue weighted by Gasteiger charge is 2.36. The molecule has 0 spiro atoms. The second-order valence-electron chi connectivity index (χ2n) is 4.94. The SMILES string of the molecule is CN(C(=O)c1ccccc1C(F)(F)F)C1CCNCC1.Cl. The zero-order chi connectivity index (χ0) is 14.8. The Balaban J connectivity index is 0.00000220. The van der Waals surface area contributed by atoms with E-state index in [0.717, 1.165) is 32.0 Å². The van der Waals surface area contributed by atoms with Gasteiger partial charge in [-0.15, -0.1) is 12.4 Å². The van der Waals surface area contributed by atoms with Crippen molar-refractivity contribution in [1.82, 2.24) is 10.2 Å². The number of nitrogens with one attached hydrogen (secondary N) is 1. The molecule has 0 radical (unpaired) electrons. The van der Waals surface area contributed by atoms with Gasteiger partial charge in [0.15, 0.2) is 0 Å². The van der Waals surface area contributed by atoms with Crippen molar-refractivity contribution < 1.29 is 18.0 Å². The van der Waals surface area contributed by atoms with Gasteiger partial charge < -0.3 is 10.2 Å². The molecule has 1 aromatic rings. The van der Waals surface area contributed by atoms with Gasteiger partial charge in [0.25, 0.3) is 5.91 Å². The van der Waals surface area contributed by atoms with E-state index in [0.29, 0.717) is 0 Å². The summed E-state index contributed by atoms with van der Waals surface area (Å²) < 4.78 is 38.8. The van der Waals surface area contributed by atoms with Crippen LogP contribution in [-0.2, 0) is 6.18 Å². The molecule has 0 atom stereocenters. The third-order valence-corrected chi connectivity index (χ3v) is 3.64. The minimum Gasteiger partial charge on any atom is -0.339 e. The van der Waals surface area contributed by atoms with Crippen LogP contribution in [0.5, 0.6) is 0 Å². The maximum Gasteiger partial charge on any atom is 0.417 e. The first kappa shape index (κ1) is 17.8. The first-order valence-electron chi connectivity index (χ1n) is 6.55. The summed E-state index contributed by atoms with van der Waals surface area (Å²) in [5.41, 5.74) is -1.15. The van der Waals surface area contributed by atoms with Crippen molar-refractivity contribution in [3.05, 3.63) is 35.4 Å². The molecule has 0 bridgehead atoms. The summed E-state index contributed by atoms with van der Waals surface area (Å²) in [6.07, 6.45) is -2.99. The third kappa shape index (κ3) is 4.11. The summed E-state index contributed by atoms with van der Waals surface area (Å²) in [7, 11) is 1.57. The molecule has 0 saturated carbocycles. The van der Waals surface area contributed by atoms with E-state index in [4.69, 9.17) is 0 Å². The minimum absolute atomic E-state index is 0. The zero-order valence-corrected chi connectivity index (χ0v) is 12.4. The maximum absolute atomic E-state index is 12.9. The van der Waals surface area contributed by atoms with Crippen LogP contribution in [0.1, 0.15) is 28.8 Å². The molecule has 118 valence electrons. The standard InChI is InChI=1S/C14H17F3N2O.ClH/c1-19(10-6-8-18-9-7-10)13(20)11-4-2-3-5-12(11)14(15,16)17;/h2-5,10,18H,6-9H2,1H3;1H. The van der Waals surface area contributed by atoms with Crippen molar-refractivity contribution in [1.29, 1.82) is 0 Å². The van der Waals surface area contributed by atoms with Gasteiger partial charge in [0, 0.05) is 13.1 Å². The summed E-state index contributed by atoms with van der Waals surface area (Å²) in [6.45, 7) is 1.56. The second-order valence-corrected chi connectivity index (χ2v) is 4.94. The van der Waals surface area contributed by atoms with Crippen molar-refractivity contribution >= 4 is 18.3 Å². The fraction of sp³-hybridized carbons (Fsp3) is 0.500. The Kier molecular flexibility index (Phi) is 6.04. The lowest BCUT2D eigenvalue weighted by molar-refractivity contribution is -0.138. The van der Waals surface area contributed by atoms with Crippen molar-refractivity contribution in [2.75, 3.05) is 20.1 Å². The molecule has 1 aliphatic rings. The highest BCUT2D eigenvalue weighted by molar-refractivity contribution is 5.96. The van der Waals surface area contributed by atoms with Crippen molar-refractivity contribution in [3.8, 4) is 0 Å². The van der Waals surface area contributed by atoms with E-state index in [1.807, 2.05) is 0 Å². The number of benzene rings is 1. The van der Waals surface area contributed by atoms with Crippen LogP contribution in [0.4, 0.5) is 13.2 Å². The summed E-state index contributed by atoms with van der Waals surface area (Å²) in [5.74, 6) is -0.565. The van der Waals surface area contributed by atoms with Crippen molar-refractivity contribution in [2.24, 2.45) is 0 Å². The molecule has 1 amide bonds. The van der Waals surface area contributed by atoms with Crippen LogP contribution in [0.2, 0.25) is 0 Å². The highest BCUT2D eigenvalue weighted by atomic mass is 35.5. The molecule has 0 unspecified atom stereocenters. The topological polar surface area (TPSA) is 32.3 Å². The molecule has 1 aliphatic heterocycles. The number of alkyl halides is 3. The van der Waals surface area contributed by atoms with Gasteiger partial charge in [0.2, 0.25) is 0 Å². The number of carbonyl (C=O) groups excluding carboxylic acids is 1. The quantitative estimate of drug-likeness (QED) is 0.908. The van der Waals surface area contributed by atoms with E-state index in [1.54, 1.807) is 7.05 Å². The molecular weight excluding hydrogens is 305 g/mol. The average Bonchev–Trinajstić information content (AvgIpc) is 2.46. The zero-order valence-electron chi connectivity index (χ0n) is 11.6. The molecule has 1 N–H and O–H groups in total. The Morgan fingerprint density at radius 1 is 1.24 bits per heavy atom. The van der Waals surface area contributed by atoms with Crippen LogP contribution >= 0.6 is 12.4 Å². The van der Waals surface area contributed by atoms with E-state index in [9.17, 15) is 18.0 Å². The minimum atomic E-state index is -4.51. The van der Waals surface area contributed by atoms with Crippen LogP contribution in [0, 0.1) is 0 Å². The number of carbonyl (C=O) groups is 1. The van der Waals surface area contributed by atoms with Crippen molar-refractivity contribution in [2.45, 2.75) is 25.1 Å². The molecule has 21 heavy (non-hydrogen) atoms. The molecule has 1 fully saturated rings. The molecule has 2 rings (SSSR count). The number of piperidine rings is 1. The Hall–Kier alpha value is -1.27. The number of nitrogens with zero attached hydrogens (tertiary/aromatic N) is 1. The van der Waals surface area contributed by atoms with Crippen LogP contribution in [-0.4, -0.2) is 37.0 Å². The molecule has 0 aliphatic carbocycles. The van der Waals surface area contributed by atoms with Crippen LogP contribution < -0.4 is 5.32 Å². The molecule has 1 heterocycles. The fourth-order valence-corrected chi connectivity index (χ4v) is 2.47. The van der Waals surface area contributed by atoms with E-state index in [2.05, 4.69) is 5.32 Å². The number of rotatable bonds is 2. The largest absolute Gasteiger partial charge is 0.417 e. The first-order valence-corrected chi connectivity index (χ1v) is 6.55. The van der Waals surface area contributed by atoms with Gasteiger partial charge in [-0.2, -0.15) is 13.2 Å². The monoisotopic (exact) mass is 322 g/mol. The number of halogens is 4. The molecular formula is C14H18ClF3N2O. The number of amides is 1. The maximum atomic E-state index is 12.9. The summed E-state index contributed by atoms with van der Waals surface area (Å²) in [4.78, 5) is 13.8. The Morgan fingerprint density at radius 3 is 2.38 bits per heavy atom. The Morgan fingerprint density at radius 2 is 1.81 bits per heavy atom. The van der Waals surface area contributed by atoms with Crippen LogP contribution in [0.25, 0.3) is 0 Å². The van der Waals surface area contributed by atoms with Gasteiger partial charge in [-0.25, -0.2) is 0 Å². The molecule has 7 heteroatoms. The predicted molar refractivity (Wildman–Crippen MR) is 76.7 cm³/mol. The van der Waals surface area contributed by atoms with Gasteiger partial charge >= 0.3 is 6.18 Å². The van der Waals surface area contributed by atoms with Gasteiger partial charge in [-0.1, -0.05) is 12.1 Å². The first-order chi connectivity index (χ1) is 9.41. The van der Waals surface area contributed by atoms with Gasteiger partial charge in [0.05, 0.1) is 11.1 Å². The van der Waals surface area contributed by atoms with Crippen LogP contribution in [0.3, 0.4) is 0 Å². The van der Waals surface area contributed by atoms with Gasteiger partial charge in [0.1, 0.15) is 0 Å². The van der Waals surface area contributed by atoms with E-state index >= 15 is 0 Å². The van der Waals surface area contributed by atoms with E-state index < -0.39 is 17.6 Å². The second kappa shape index (κ2) is 7.13. The number of hydrogen-bond acceptors (Lipinski definition) is 2. The predicted octanol–water partition coefficient (Wildman–Crippen LogP) is 2.95. The normalized spacial score (nSPS) is 16.2. The molecule has 1 saturated heterocycles. The summed E-state index contributed by atoms with van der Waals surface area (Å²) in [6, 6.07) is 4.93. The van der Waals surface area contributed by atoms with Crippen LogP contribution in [0.15, 0.2) is 24.3 Å². The third-order valence-electron chi connectivity index (χ3n) is 3.64. The summed E-state index contributed by atoms with van der Waals surface area (Å²) >= 11 is 0. The average molecular weight is 323 g/mol. The summed E-state index contributed by atoms with van der Waals surface area (Å²) in [5, 5.41) is 3.17. The lowest BCUT2D eigenvalue weighted by Gasteiger charge is -2.32. The van der Waals surface area contributed by atoms with Gasteiger partial charge in [-0.3, -0.25) is 4.79 Å². The van der Waals surface area contributed by atoms with Gasteiger partial charge in [-0.05, 0) is 38.1 Å². The lowest BCUT2D eigenvalue weighted by atomic mass is 10.0. The molecule has 0 aromatic heterocycles. The number of hydrogen-bond donors (Lipinski definition) is 1.